The van der Waals surface area contributed by atoms with E-state index in [0.717, 1.165) is 11.1 Å². The lowest BCUT2D eigenvalue weighted by molar-refractivity contribution is -0.123. The van der Waals surface area contributed by atoms with Crippen molar-refractivity contribution in [1.82, 2.24) is 5.32 Å². The van der Waals surface area contributed by atoms with Gasteiger partial charge in [-0.3, -0.25) is 4.79 Å². The van der Waals surface area contributed by atoms with Gasteiger partial charge in [-0.1, -0.05) is 54.1 Å². The predicted octanol–water partition coefficient (Wildman–Crippen LogP) is 3.22. The summed E-state index contributed by atoms with van der Waals surface area (Å²) in [4.78, 5) is 12.1. The Morgan fingerprint density at radius 3 is 2.40 bits per heavy atom. The van der Waals surface area contributed by atoms with Crippen molar-refractivity contribution in [2.75, 3.05) is 0 Å². The van der Waals surface area contributed by atoms with Gasteiger partial charge in [0.1, 0.15) is 6.04 Å². The van der Waals surface area contributed by atoms with Crippen LogP contribution in [0.5, 0.6) is 0 Å². The van der Waals surface area contributed by atoms with Crippen LogP contribution in [0.25, 0.3) is 0 Å². The van der Waals surface area contributed by atoms with Gasteiger partial charge in [0.15, 0.2) is 0 Å². The minimum atomic E-state index is -0.669. The number of hydrogen-bond acceptors (Lipinski definition) is 2. The largest absolute Gasteiger partial charge is 0.348 e. The van der Waals surface area contributed by atoms with Crippen LogP contribution in [0.1, 0.15) is 30.1 Å². The molecule has 0 aliphatic rings. The second-order valence-electron chi connectivity index (χ2n) is 4.67. The fourth-order valence-corrected chi connectivity index (χ4v) is 2.17. The lowest BCUT2D eigenvalue weighted by atomic mass is 10.1. The summed E-state index contributed by atoms with van der Waals surface area (Å²) in [5.41, 5.74) is 7.70. The number of carbonyl (C=O) groups is 1. The van der Waals surface area contributed by atoms with E-state index in [-0.39, 0.29) is 11.9 Å². The van der Waals surface area contributed by atoms with E-state index >= 15 is 0 Å². The fourth-order valence-electron chi connectivity index (χ4n) is 1.97. The lowest BCUT2D eigenvalue weighted by Crippen LogP contribution is -2.35. The number of nitrogens with two attached hydrogens (primary N) is 1. The van der Waals surface area contributed by atoms with Crippen LogP contribution in [0.4, 0.5) is 0 Å². The Morgan fingerprint density at radius 1 is 1.10 bits per heavy atom. The first kappa shape index (κ1) is 14.6. The highest BCUT2D eigenvalue weighted by Crippen LogP contribution is 2.18. The molecule has 2 rings (SSSR count). The van der Waals surface area contributed by atoms with Gasteiger partial charge in [-0.2, -0.15) is 0 Å². The van der Waals surface area contributed by atoms with Crippen LogP contribution in [-0.2, 0) is 4.79 Å². The van der Waals surface area contributed by atoms with Crippen molar-refractivity contribution in [3.05, 3.63) is 70.7 Å². The van der Waals surface area contributed by atoms with Gasteiger partial charge >= 0.3 is 0 Å². The third kappa shape index (κ3) is 3.59. The Balaban J connectivity index is 2.04. The first-order chi connectivity index (χ1) is 9.58. The van der Waals surface area contributed by atoms with Gasteiger partial charge in [0.25, 0.3) is 0 Å². The average molecular weight is 289 g/mol. The van der Waals surface area contributed by atoms with Crippen LogP contribution in [0, 0.1) is 0 Å². The molecule has 4 heteroatoms. The average Bonchev–Trinajstić information content (AvgIpc) is 2.47. The molecule has 0 aromatic heterocycles. The highest BCUT2D eigenvalue weighted by Gasteiger charge is 2.18. The Bertz CT molecular complexity index is 586. The molecule has 0 bridgehead atoms. The van der Waals surface area contributed by atoms with Gasteiger partial charge in [0.05, 0.1) is 6.04 Å². The van der Waals surface area contributed by atoms with E-state index in [9.17, 15) is 4.79 Å². The van der Waals surface area contributed by atoms with Crippen LogP contribution >= 0.6 is 11.6 Å². The second kappa shape index (κ2) is 6.55. The first-order valence-electron chi connectivity index (χ1n) is 6.44. The number of halogens is 1. The van der Waals surface area contributed by atoms with Crippen molar-refractivity contribution in [2.24, 2.45) is 5.73 Å². The minimum Gasteiger partial charge on any atom is -0.348 e. The molecule has 1 amide bonds. The molecule has 2 aromatic carbocycles. The summed E-state index contributed by atoms with van der Waals surface area (Å²) in [5.74, 6) is -0.205. The zero-order chi connectivity index (χ0) is 14.5. The molecule has 0 spiro atoms. The third-order valence-corrected chi connectivity index (χ3v) is 3.38. The van der Waals surface area contributed by atoms with E-state index in [2.05, 4.69) is 5.32 Å². The van der Waals surface area contributed by atoms with E-state index in [0.29, 0.717) is 5.02 Å². The molecule has 0 unspecified atom stereocenters. The van der Waals surface area contributed by atoms with Crippen LogP contribution in [0.2, 0.25) is 5.02 Å². The highest BCUT2D eigenvalue weighted by atomic mass is 35.5. The van der Waals surface area contributed by atoms with Gasteiger partial charge in [0, 0.05) is 5.02 Å². The minimum absolute atomic E-state index is 0.143. The molecule has 0 aliphatic carbocycles. The molecule has 0 aliphatic heterocycles. The van der Waals surface area contributed by atoms with Crippen molar-refractivity contribution in [3.63, 3.8) is 0 Å². The first-order valence-corrected chi connectivity index (χ1v) is 6.82. The maximum absolute atomic E-state index is 12.1. The molecule has 0 heterocycles. The van der Waals surface area contributed by atoms with E-state index in [1.807, 2.05) is 55.5 Å². The Hall–Kier alpha value is -1.84. The molecule has 104 valence electrons. The van der Waals surface area contributed by atoms with E-state index < -0.39 is 6.04 Å². The quantitative estimate of drug-likeness (QED) is 0.907. The number of nitrogens with one attached hydrogen (secondary N) is 1. The number of benzene rings is 2. The Morgan fingerprint density at radius 2 is 1.75 bits per heavy atom. The predicted molar refractivity (Wildman–Crippen MR) is 81.4 cm³/mol. The molecule has 3 N–H and O–H groups in total. The van der Waals surface area contributed by atoms with Crippen molar-refractivity contribution in [3.8, 4) is 0 Å². The van der Waals surface area contributed by atoms with Crippen molar-refractivity contribution in [1.29, 1.82) is 0 Å². The van der Waals surface area contributed by atoms with Crippen LogP contribution in [0.3, 0.4) is 0 Å². The zero-order valence-corrected chi connectivity index (χ0v) is 12.0. The highest BCUT2D eigenvalue weighted by molar-refractivity contribution is 6.30. The molecule has 0 fully saturated rings. The van der Waals surface area contributed by atoms with Crippen molar-refractivity contribution < 1.29 is 4.79 Å². The Labute approximate surface area is 123 Å². The lowest BCUT2D eigenvalue weighted by Gasteiger charge is -2.18. The summed E-state index contributed by atoms with van der Waals surface area (Å²) >= 11 is 5.95. The summed E-state index contributed by atoms with van der Waals surface area (Å²) in [6.07, 6.45) is 0. The number of hydrogen-bond donors (Lipinski definition) is 2. The third-order valence-electron chi connectivity index (χ3n) is 3.15. The Kier molecular flexibility index (Phi) is 4.77. The summed E-state index contributed by atoms with van der Waals surface area (Å²) in [6.45, 7) is 1.90. The van der Waals surface area contributed by atoms with Gasteiger partial charge in [-0.25, -0.2) is 0 Å². The summed E-state index contributed by atoms with van der Waals surface area (Å²) < 4.78 is 0. The maximum Gasteiger partial charge on any atom is 0.241 e. The molecule has 0 saturated heterocycles. The molecule has 2 atom stereocenters. The van der Waals surface area contributed by atoms with Gasteiger partial charge < -0.3 is 11.1 Å². The summed E-state index contributed by atoms with van der Waals surface area (Å²) in [7, 11) is 0. The van der Waals surface area contributed by atoms with Gasteiger partial charge in [-0.15, -0.1) is 0 Å². The van der Waals surface area contributed by atoms with E-state index in [1.165, 1.54) is 0 Å². The van der Waals surface area contributed by atoms with Crippen molar-refractivity contribution in [2.45, 2.75) is 19.0 Å². The van der Waals surface area contributed by atoms with Gasteiger partial charge in [0.2, 0.25) is 5.91 Å². The van der Waals surface area contributed by atoms with Crippen LogP contribution in [-0.4, -0.2) is 5.91 Å². The molecule has 0 saturated carbocycles. The zero-order valence-electron chi connectivity index (χ0n) is 11.2. The smallest absolute Gasteiger partial charge is 0.241 e. The standard InChI is InChI=1S/C16H17ClN2O/c1-11(13-8-5-9-14(17)10-13)19-16(20)15(18)12-6-3-2-4-7-12/h2-11,15H,18H2,1H3,(H,19,20)/t11-,15-/m1/s1. The molecule has 3 nitrogen and oxygen atoms in total. The molecule has 0 radical (unpaired) electrons. The molecular formula is C16H17ClN2O. The number of amides is 1. The van der Waals surface area contributed by atoms with E-state index in [1.54, 1.807) is 6.07 Å². The summed E-state index contributed by atoms with van der Waals surface area (Å²) in [5, 5.41) is 3.55. The monoisotopic (exact) mass is 288 g/mol. The maximum atomic E-state index is 12.1. The fraction of sp³-hybridized carbons (Fsp3) is 0.188. The number of rotatable bonds is 4. The van der Waals surface area contributed by atoms with E-state index in [4.69, 9.17) is 17.3 Å². The van der Waals surface area contributed by atoms with Crippen molar-refractivity contribution >= 4 is 17.5 Å². The van der Waals surface area contributed by atoms with Crippen LogP contribution in [0.15, 0.2) is 54.6 Å². The van der Waals surface area contributed by atoms with Gasteiger partial charge in [-0.05, 0) is 30.2 Å². The molecule has 2 aromatic rings. The topological polar surface area (TPSA) is 55.1 Å². The second-order valence-corrected chi connectivity index (χ2v) is 5.11. The number of carbonyl (C=O) groups excluding carboxylic acids is 1. The van der Waals surface area contributed by atoms with Crippen LogP contribution < -0.4 is 11.1 Å². The SMILES string of the molecule is C[C@@H](NC(=O)[C@H](N)c1ccccc1)c1cccc(Cl)c1. The molecular weight excluding hydrogens is 272 g/mol. The molecule has 20 heavy (non-hydrogen) atoms. The summed E-state index contributed by atoms with van der Waals surface area (Å²) in [6, 6.07) is 15.9. The normalized spacial score (nSPS) is 13.6.